The highest BCUT2D eigenvalue weighted by Crippen LogP contribution is 2.65. The van der Waals surface area contributed by atoms with Crippen molar-refractivity contribution < 1.29 is 15.0 Å². The van der Waals surface area contributed by atoms with Gasteiger partial charge in [0, 0.05) is 6.42 Å². The van der Waals surface area contributed by atoms with Crippen molar-refractivity contribution in [2.75, 3.05) is 0 Å². The lowest BCUT2D eigenvalue weighted by molar-refractivity contribution is -0.137. The van der Waals surface area contributed by atoms with E-state index >= 15 is 0 Å². The molecule has 2 aliphatic carbocycles. The number of carbonyl (C=O) groups is 1. The summed E-state index contributed by atoms with van der Waals surface area (Å²) in [6.45, 7) is 9.15. The van der Waals surface area contributed by atoms with Crippen LogP contribution in [0.25, 0.3) is 0 Å². The Morgan fingerprint density at radius 1 is 0.871 bits per heavy atom. The van der Waals surface area contributed by atoms with Crippen molar-refractivity contribution in [2.24, 2.45) is 16.7 Å². The smallest absolute Gasteiger partial charge is 0.303 e. The second-order valence-corrected chi connectivity index (χ2v) is 10.9. The molecular weight excluding hydrogens is 384 g/mol. The number of aliphatic hydroxyl groups excluding tert-OH is 1. The van der Waals surface area contributed by atoms with Crippen LogP contribution >= 0.6 is 0 Å². The second kappa shape index (κ2) is 15.1. The minimum atomic E-state index is -0.664. The number of carboxylic acids is 1. The van der Waals surface area contributed by atoms with Crippen LogP contribution in [0.3, 0.4) is 0 Å². The van der Waals surface area contributed by atoms with E-state index in [4.69, 9.17) is 5.11 Å². The average Bonchev–Trinajstić information content (AvgIpc) is 3.04. The normalized spacial score (nSPS) is 26.2. The van der Waals surface area contributed by atoms with Crippen LogP contribution in [0, 0.1) is 16.7 Å². The molecule has 0 aliphatic heterocycles. The molecule has 31 heavy (non-hydrogen) atoms. The van der Waals surface area contributed by atoms with Crippen molar-refractivity contribution in [3.8, 4) is 0 Å². The summed E-state index contributed by atoms with van der Waals surface area (Å²) < 4.78 is 0. The number of hydrogen-bond donors (Lipinski definition) is 2. The number of hydrogen-bond acceptors (Lipinski definition) is 2. The molecule has 0 amide bonds. The lowest BCUT2D eigenvalue weighted by Gasteiger charge is -2.36. The molecule has 0 aromatic heterocycles. The van der Waals surface area contributed by atoms with Gasteiger partial charge in [-0.1, -0.05) is 91.2 Å². The monoisotopic (exact) mass is 436 g/mol. The van der Waals surface area contributed by atoms with E-state index in [1.54, 1.807) is 0 Å². The summed E-state index contributed by atoms with van der Waals surface area (Å²) in [6.07, 6.45) is 24.8. The van der Waals surface area contributed by atoms with Gasteiger partial charge in [-0.2, -0.15) is 0 Å². The molecule has 3 heteroatoms. The van der Waals surface area contributed by atoms with Crippen LogP contribution in [0.15, 0.2) is 12.2 Å². The Hall–Kier alpha value is -0.830. The Bertz CT molecular complexity index is 510. The van der Waals surface area contributed by atoms with Crippen molar-refractivity contribution in [1.29, 1.82) is 0 Å². The SMILES string of the molecule is CC1(C)[C@@H]2CC[C@]1(C)[C@@H](O)C2.CCCCCCCC/C=C\CCCCCCCC(=O)O. The summed E-state index contributed by atoms with van der Waals surface area (Å²) in [7, 11) is 0. The van der Waals surface area contributed by atoms with Crippen molar-refractivity contribution >= 4 is 5.97 Å². The highest BCUT2D eigenvalue weighted by atomic mass is 16.4. The molecule has 182 valence electrons. The van der Waals surface area contributed by atoms with Crippen LogP contribution in [-0.2, 0) is 4.79 Å². The molecule has 3 atom stereocenters. The number of allylic oxidation sites excluding steroid dienone is 2. The maximum absolute atomic E-state index is 10.3. The predicted molar refractivity (Wildman–Crippen MR) is 132 cm³/mol. The van der Waals surface area contributed by atoms with E-state index in [1.807, 2.05) is 0 Å². The van der Waals surface area contributed by atoms with Gasteiger partial charge in [0.1, 0.15) is 0 Å². The van der Waals surface area contributed by atoms with Crippen molar-refractivity contribution in [2.45, 2.75) is 143 Å². The van der Waals surface area contributed by atoms with Crippen molar-refractivity contribution in [1.82, 2.24) is 0 Å². The first-order valence-corrected chi connectivity index (χ1v) is 13.3. The second-order valence-electron chi connectivity index (χ2n) is 10.9. The number of unbranched alkanes of at least 4 members (excludes halogenated alkanes) is 11. The molecule has 0 saturated heterocycles. The third-order valence-electron chi connectivity index (χ3n) is 8.40. The highest BCUT2D eigenvalue weighted by Gasteiger charge is 2.60. The van der Waals surface area contributed by atoms with Crippen molar-refractivity contribution in [3.63, 3.8) is 0 Å². The minimum absolute atomic E-state index is 0.0313. The molecule has 0 heterocycles. The molecule has 2 saturated carbocycles. The van der Waals surface area contributed by atoms with Gasteiger partial charge in [0.25, 0.3) is 0 Å². The molecule has 2 bridgehead atoms. The van der Waals surface area contributed by atoms with Gasteiger partial charge in [-0.15, -0.1) is 0 Å². The molecule has 2 rings (SSSR count). The molecule has 0 unspecified atom stereocenters. The molecule has 2 fully saturated rings. The first-order valence-electron chi connectivity index (χ1n) is 13.3. The summed E-state index contributed by atoms with van der Waals surface area (Å²) in [5.41, 5.74) is 0.601. The van der Waals surface area contributed by atoms with E-state index in [1.165, 1.54) is 83.5 Å². The molecule has 0 radical (unpaired) electrons. The largest absolute Gasteiger partial charge is 0.481 e. The van der Waals surface area contributed by atoms with Crippen molar-refractivity contribution in [3.05, 3.63) is 12.2 Å². The molecular formula is C28H52O3. The zero-order valence-corrected chi connectivity index (χ0v) is 21.1. The average molecular weight is 437 g/mol. The highest BCUT2D eigenvalue weighted by molar-refractivity contribution is 5.66. The zero-order chi connectivity index (χ0) is 23.2. The number of rotatable bonds is 15. The third-order valence-corrected chi connectivity index (χ3v) is 8.40. The maximum atomic E-state index is 10.3. The topological polar surface area (TPSA) is 57.5 Å². The fourth-order valence-electron chi connectivity index (χ4n) is 5.51. The van der Waals surface area contributed by atoms with E-state index in [0.29, 0.717) is 11.8 Å². The fraction of sp³-hybridized carbons (Fsp3) is 0.893. The van der Waals surface area contributed by atoms with Gasteiger partial charge in [-0.3, -0.25) is 4.79 Å². The molecule has 0 aromatic rings. The molecule has 2 N–H and O–H groups in total. The quantitative estimate of drug-likeness (QED) is 0.200. The predicted octanol–water partition coefficient (Wildman–Crippen LogP) is 8.30. The first kappa shape index (κ1) is 28.2. The summed E-state index contributed by atoms with van der Waals surface area (Å²) in [5, 5.41) is 18.3. The van der Waals surface area contributed by atoms with Crippen LogP contribution in [-0.4, -0.2) is 22.3 Å². The van der Waals surface area contributed by atoms with Gasteiger partial charge in [0.15, 0.2) is 0 Å². The van der Waals surface area contributed by atoms with Gasteiger partial charge in [-0.05, 0) is 68.1 Å². The van der Waals surface area contributed by atoms with Crippen LogP contribution < -0.4 is 0 Å². The summed E-state index contributed by atoms with van der Waals surface area (Å²) in [6, 6.07) is 0. The summed E-state index contributed by atoms with van der Waals surface area (Å²) >= 11 is 0. The van der Waals surface area contributed by atoms with Crippen LogP contribution in [0.5, 0.6) is 0 Å². The Kier molecular flexibility index (Phi) is 13.7. The van der Waals surface area contributed by atoms with Crippen LogP contribution in [0.4, 0.5) is 0 Å². The van der Waals surface area contributed by atoms with E-state index in [9.17, 15) is 9.90 Å². The third kappa shape index (κ3) is 9.68. The van der Waals surface area contributed by atoms with E-state index in [0.717, 1.165) is 25.2 Å². The van der Waals surface area contributed by atoms with Crippen LogP contribution in [0.1, 0.15) is 137 Å². The standard InChI is InChI=1S/C18H34O2.C10H18O/c1-2-3-4-5-6-7-8-9-10-11-12-13-14-15-16-17-18(19)20;1-9(2)7-4-5-10(9,3)8(11)6-7/h9-10H,2-8,11-17H2,1H3,(H,19,20);7-8,11H,4-6H2,1-3H3/b10-9-;/t;7-,8+,10-/m.1/s1. The van der Waals surface area contributed by atoms with Gasteiger partial charge in [0.2, 0.25) is 0 Å². The van der Waals surface area contributed by atoms with Gasteiger partial charge < -0.3 is 10.2 Å². The molecule has 2 aliphatic rings. The van der Waals surface area contributed by atoms with Gasteiger partial charge >= 0.3 is 5.97 Å². The molecule has 0 aromatic carbocycles. The Balaban J connectivity index is 0.000000361. The Labute approximate surface area is 193 Å². The molecule has 3 nitrogen and oxygen atoms in total. The number of carboxylic acid groups (broad SMARTS) is 1. The fourth-order valence-corrected chi connectivity index (χ4v) is 5.51. The zero-order valence-electron chi connectivity index (χ0n) is 21.1. The first-order chi connectivity index (χ1) is 14.8. The summed E-state index contributed by atoms with van der Waals surface area (Å²) in [4.78, 5) is 10.3. The number of aliphatic hydroxyl groups is 1. The van der Waals surface area contributed by atoms with E-state index < -0.39 is 5.97 Å². The van der Waals surface area contributed by atoms with Crippen LogP contribution in [0.2, 0.25) is 0 Å². The molecule has 0 spiro atoms. The number of fused-ring (bicyclic) bond motifs is 2. The Morgan fingerprint density at radius 3 is 1.77 bits per heavy atom. The van der Waals surface area contributed by atoms with E-state index in [-0.39, 0.29) is 11.5 Å². The summed E-state index contributed by atoms with van der Waals surface area (Å²) in [5.74, 6) is 0.116. The number of aliphatic carboxylic acids is 1. The lowest BCUT2D eigenvalue weighted by Crippen LogP contribution is -2.35. The minimum Gasteiger partial charge on any atom is -0.481 e. The maximum Gasteiger partial charge on any atom is 0.303 e. The lowest BCUT2D eigenvalue weighted by atomic mass is 9.70. The Morgan fingerprint density at radius 2 is 1.39 bits per heavy atom. The van der Waals surface area contributed by atoms with Gasteiger partial charge in [-0.25, -0.2) is 0 Å². The van der Waals surface area contributed by atoms with Gasteiger partial charge in [0.05, 0.1) is 6.10 Å². The van der Waals surface area contributed by atoms with E-state index in [2.05, 4.69) is 39.8 Å².